The monoisotopic (exact) mass is 210 g/mol. The zero-order valence-corrected chi connectivity index (χ0v) is 10.5. The van der Waals surface area contributed by atoms with Crippen LogP contribution in [0, 0.1) is 5.41 Å². The highest BCUT2D eigenvalue weighted by atomic mass is 15.1. The summed E-state index contributed by atoms with van der Waals surface area (Å²) in [4.78, 5) is 2.49. The van der Waals surface area contributed by atoms with Crippen LogP contribution in [0.2, 0.25) is 0 Å². The van der Waals surface area contributed by atoms with Crippen LogP contribution in [0.4, 0.5) is 0 Å². The molecule has 1 rings (SSSR count). The van der Waals surface area contributed by atoms with Crippen molar-refractivity contribution in [1.29, 1.82) is 0 Å². The second-order valence-corrected chi connectivity index (χ2v) is 5.87. The molecule has 0 aromatic rings. The summed E-state index contributed by atoms with van der Waals surface area (Å²) in [5, 5.41) is 0. The van der Waals surface area contributed by atoms with E-state index in [1.54, 1.807) is 0 Å². The average Bonchev–Trinajstić information content (AvgIpc) is 2.14. The van der Waals surface area contributed by atoms with Crippen LogP contribution in [0.5, 0.6) is 0 Å². The molecule has 88 valence electrons. The van der Waals surface area contributed by atoms with Gasteiger partial charge in [0, 0.05) is 19.1 Å². The predicted molar refractivity (Wildman–Crippen MR) is 66.9 cm³/mol. The van der Waals surface area contributed by atoms with Crippen LogP contribution in [-0.2, 0) is 0 Å². The molecule has 0 amide bonds. The lowest BCUT2D eigenvalue weighted by molar-refractivity contribution is 0.263. The van der Waals surface area contributed by atoms with Crippen LogP contribution in [-0.4, -0.2) is 30.6 Å². The van der Waals surface area contributed by atoms with E-state index in [2.05, 4.69) is 37.8 Å². The zero-order chi connectivity index (χ0) is 11.3. The normalized spacial score (nSPS) is 20.5. The van der Waals surface area contributed by atoms with E-state index < -0.39 is 0 Å². The first-order valence-corrected chi connectivity index (χ1v) is 6.10. The van der Waals surface area contributed by atoms with Crippen molar-refractivity contribution in [1.82, 2.24) is 4.90 Å². The maximum atomic E-state index is 6.13. The Morgan fingerprint density at radius 1 is 1.33 bits per heavy atom. The van der Waals surface area contributed by atoms with Gasteiger partial charge >= 0.3 is 0 Å². The van der Waals surface area contributed by atoms with E-state index >= 15 is 0 Å². The van der Waals surface area contributed by atoms with Crippen molar-refractivity contribution in [2.75, 3.05) is 19.6 Å². The molecule has 1 atom stereocenters. The van der Waals surface area contributed by atoms with Gasteiger partial charge in [-0.15, -0.1) is 0 Å². The Labute approximate surface area is 94.5 Å². The van der Waals surface area contributed by atoms with E-state index in [0.717, 1.165) is 25.9 Å². The lowest BCUT2D eigenvalue weighted by atomic mass is 9.87. The summed E-state index contributed by atoms with van der Waals surface area (Å²) in [5.74, 6) is 0. The van der Waals surface area contributed by atoms with Gasteiger partial charge in [0.25, 0.3) is 0 Å². The van der Waals surface area contributed by atoms with Crippen molar-refractivity contribution in [2.45, 2.75) is 46.1 Å². The number of hydrogen-bond acceptors (Lipinski definition) is 2. The summed E-state index contributed by atoms with van der Waals surface area (Å²) in [6.07, 6.45) is 7.99. The van der Waals surface area contributed by atoms with Gasteiger partial charge < -0.3 is 5.73 Å². The van der Waals surface area contributed by atoms with Gasteiger partial charge in [-0.25, -0.2) is 0 Å². The van der Waals surface area contributed by atoms with Crippen LogP contribution in [0.3, 0.4) is 0 Å². The highest BCUT2D eigenvalue weighted by Crippen LogP contribution is 2.21. The van der Waals surface area contributed by atoms with Crippen LogP contribution in [0.25, 0.3) is 0 Å². The summed E-state index contributed by atoms with van der Waals surface area (Å²) in [6.45, 7) is 10.3. The standard InChI is InChI=1S/C13H26N2/c1-13(2,3)11-12(14)7-10-15-8-5-4-6-9-15/h4-5,12H,6-11,14H2,1-3H3. The molecule has 1 aliphatic heterocycles. The van der Waals surface area contributed by atoms with E-state index in [-0.39, 0.29) is 0 Å². The number of rotatable bonds is 4. The Balaban J connectivity index is 2.16. The summed E-state index contributed by atoms with van der Waals surface area (Å²) in [6, 6.07) is 0.357. The fraction of sp³-hybridized carbons (Fsp3) is 0.846. The highest BCUT2D eigenvalue weighted by Gasteiger charge is 2.16. The molecule has 0 aromatic heterocycles. The van der Waals surface area contributed by atoms with E-state index in [9.17, 15) is 0 Å². The number of nitrogens with zero attached hydrogens (tertiary/aromatic N) is 1. The Hall–Kier alpha value is -0.340. The highest BCUT2D eigenvalue weighted by molar-refractivity contribution is 4.90. The van der Waals surface area contributed by atoms with Crippen molar-refractivity contribution < 1.29 is 0 Å². The first-order chi connectivity index (χ1) is 6.97. The summed E-state index contributed by atoms with van der Waals surface area (Å²) in [5.41, 5.74) is 6.49. The molecule has 2 nitrogen and oxygen atoms in total. The molecular weight excluding hydrogens is 184 g/mol. The predicted octanol–water partition coefficient (Wildman–Crippen LogP) is 2.40. The van der Waals surface area contributed by atoms with E-state index in [0.29, 0.717) is 11.5 Å². The summed E-state index contributed by atoms with van der Waals surface area (Å²) < 4.78 is 0. The molecule has 2 heteroatoms. The van der Waals surface area contributed by atoms with Crippen LogP contribution in [0.1, 0.15) is 40.0 Å². The lowest BCUT2D eigenvalue weighted by Gasteiger charge is -2.27. The molecule has 1 unspecified atom stereocenters. The van der Waals surface area contributed by atoms with Crippen LogP contribution < -0.4 is 5.73 Å². The molecule has 0 radical (unpaired) electrons. The average molecular weight is 210 g/mol. The van der Waals surface area contributed by atoms with Crippen LogP contribution >= 0.6 is 0 Å². The fourth-order valence-electron chi connectivity index (χ4n) is 2.13. The van der Waals surface area contributed by atoms with Gasteiger partial charge in [0.1, 0.15) is 0 Å². The van der Waals surface area contributed by atoms with Crippen molar-refractivity contribution in [3.05, 3.63) is 12.2 Å². The third kappa shape index (κ3) is 5.95. The van der Waals surface area contributed by atoms with Gasteiger partial charge in [0.05, 0.1) is 0 Å². The molecular formula is C13H26N2. The number of hydrogen-bond donors (Lipinski definition) is 1. The minimum Gasteiger partial charge on any atom is -0.328 e. The summed E-state index contributed by atoms with van der Waals surface area (Å²) >= 11 is 0. The lowest BCUT2D eigenvalue weighted by Crippen LogP contribution is -2.34. The smallest absolute Gasteiger partial charge is 0.0163 e. The largest absolute Gasteiger partial charge is 0.328 e. The minimum atomic E-state index is 0.357. The second-order valence-electron chi connectivity index (χ2n) is 5.87. The first kappa shape index (κ1) is 12.7. The maximum absolute atomic E-state index is 6.13. The van der Waals surface area contributed by atoms with Gasteiger partial charge in [-0.1, -0.05) is 32.9 Å². The van der Waals surface area contributed by atoms with Crippen molar-refractivity contribution in [3.63, 3.8) is 0 Å². The van der Waals surface area contributed by atoms with Crippen molar-refractivity contribution in [2.24, 2.45) is 11.1 Å². The number of nitrogens with two attached hydrogens (primary N) is 1. The Bertz CT molecular complexity index is 203. The molecule has 0 aromatic carbocycles. The minimum absolute atomic E-state index is 0.357. The van der Waals surface area contributed by atoms with Gasteiger partial charge in [-0.2, -0.15) is 0 Å². The molecule has 1 aliphatic rings. The van der Waals surface area contributed by atoms with Crippen molar-refractivity contribution >= 4 is 0 Å². The van der Waals surface area contributed by atoms with E-state index in [1.807, 2.05) is 0 Å². The van der Waals surface area contributed by atoms with Gasteiger partial charge in [-0.3, -0.25) is 4.90 Å². The Kier molecular flexibility index (Phi) is 4.81. The van der Waals surface area contributed by atoms with Crippen LogP contribution in [0.15, 0.2) is 12.2 Å². The molecule has 0 saturated heterocycles. The Morgan fingerprint density at radius 2 is 2.07 bits per heavy atom. The maximum Gasteiger partial charge on any atom is 0.0163 e. The molecule has 2 N–H and O–H groups in total. The second kappa shape index (κ2) is 5.66. The molecule has 0 aliphatic carbocycles. The Morgan fingerprint density at radius 3 is 2.60 bits per heavy atom. The SMILES string of the molecule is CC(C)(C)CC(N)CCN1CC=CCC1. The van der Waals surface area contributed by atoms with Crippen molar-refractivity contribution in [3.8, 4) is 0 Å². The molecule has 0 saturated carbocycles. The third-order valence-corrected chi connectivity index (χ3v) is 2.83. The quantitative estimate of drug-likeness (QED) is 0.722. The van der Waals surface area contributed by atoms with E-state index in [4.69, 9.17) is 5.73 Å². The van der Waals surface area contributed by atoms with Gasteiger partial charge in [-0.05, 0) is 31.2 Å². The topological polar surface area (TPSA) is 29.3 Å². The fourth-order valence-corrected chi connectivity index (χ4v) is 2.13. The molecule has 0 bridgehead atoms. The third-order valence-electron chi connectivity index (χ3n) is 2.83. The summed E-state index contributed by atoms with van der Waals surface area (Å²) in [7, 11) is 0. The molecule has 0 fully saturated rings. The molecule has 1 heterocycles. The van der Waals surface area contributed by atoms with Gasteiger partial charge in [0.15, 0.2) is 0 Å². The zero-order valence-electron chi connectivity index (χ0n) is 10.5. The first-order valence-electron chi connectivity index (χ1n) is 6.10. The molecule has 0 spiro atoms. The van der Waals surface area contributed by atoms with E-state index in [1.165, 1.54) is 13.0 Å². The van der Waals surface area contributed by atoms with Gasteiger partial charge in [0.2, 0.25) is 0 Å². The molecule has 15 heavy (non-hydrogen) atoms.